The number of carbonyl (C=O) groups excluding carboxylic acids is 1. The van der Waals surface area contributed by atoms with Crippen LogP contribution in [0.3, 0.4) is 0 Å². The summed E-state index contributed by atoms with van der Waals surface area (Å²) in [6.07, 6.45) is 1.00. The van der Waals surface area contributed by atoms with Crippen LogP contribution in [0.4, 0.5) is 10.1 Å². The highest BCUT2D eigenvalue weighted by Crippen LogP contribution is 2.44. The Bertz CT molecular complexity index is 904. The van der Waals surface area contributed by atoms with Crippen molar-refractivity contribution in [2.24, 2.45) is 5.41 Å². The van der Waals surface area contributed by atoms with Gasteiger partial charge in [0.05, 0.1) is 5.41 Å². The Morgan fingerprint density at radius 1 is 1.12 bits per heavy atom. The molecule has 1 spiro atoms. The van der Waals surface area contributed by atoms with Crippen LogP contribution in [0, 0.1) is 11.2 Å². The van der Waals surface area contributed by atoms with Crippen molar-refractivity contribution in [1.29, 1.82) is 0 Å². The SMILES string of the molecule is O=C1N(c2cccc(F)c2)CC12CCN(S(=O)(=O)c1cccs1)CC2. The standard InChI is InChI=1S/C17H17FN2O3S2/c18-13-3-1-4-14(11-13)20-12-17(16(20)21)6-8-19(9-7-17)25(22,23)15-5-2-10-24-15/h1-5,10-11H,6-9,12H2. The first-order valence-corrected chi connectivity index (χ1v) is 10.4. The van der Waals surface area contributed by atoms with E-state index in [0.29, 0.717) is 42.4 Å². The van der Waals surface area contributed by atoms with Crippen molar-refractivity contribution in [3.8, 4) is 0 Å². The molecule has 2 aliphatic heterocycles. The van der Waals surface area contributed by atoms with Gasteiger partial charge in [-0.1, -0.05) is 12.1 Å². The first-order chi connectivity index (χ1) is 11.9. The van der Waals surface area contributed by atoms with E-state index in [0.717, 1.165) is 0 Å². The van der Waals surface area contributed by atoms with Gasteiger partial charge in [-0.15, -0.1) is 11.3 Å². The van der Waals surface area contributed by atoms with Crippen molar-refractivity contribution >= 4 is 33.0 Å². The Kier molecular flexibility index (Phi) is 3.93. The van der Waals surface area contributed by atoms with Crippen LogP contribution >= 0.6 is 11.3 Å². The van der Waals surface area contributed by atoms with Crippen molar-refractivity contribution in [1.82, 2.24) is 4.31 Å². The second-order valence-corrected chi connectivity index (χ2v) is 9.60. The average Bonchev–Trinajstić information content (AvgIpc) is 3.15. The fourth-order valence-electron chi connectivity index (χ4n) is 3.55. The number of nitrogens with zero attached hydrogens (tertiary/aromatic N) is 2. The number of hydrogen-bond donors (Lipinski definition) is 0. The Labute approximate surface area is 149 Å². The molecule has 1 aromatic heterocycles. The Morgan fingerprint density at radius 3 is 2.48 bits per heavy atom. The molecule has 2 saturated heterocycles. The van der Waals surface area contributed by atoms with E-state index in [1.165, 1.54) is 27.8 Å². The number of rotatable bonds is 3. The topological polar surface area (TPSA) is 57.7 Å². The zero-order valence-corrected chi connectivity index (χ0v) is 15.0. The van der Waals surface area contributed by atoms with E-state index < -0.39 is 15.4 Å². The van der Waals surface area contributed by atoms with Gasteiger partial charge >= 0.3 is 0 Å². The van der Waals surface area contributed by atoms with E-state index in [1.807, 2.05) is 0 Å². The maximum Gasteiger partial charge on any atom is 0.252 e. The van der Waals surface area contributed by atoms with Crippen LogP contribution in [-0.4, -0.2) is 38.3 Å². The van der Waals surface area contributed by atoms with Gasteiger partial charge in [0.1, 0.15) is 10.0 Å². The summed E-state index contributed by atoms with van der Waals surface area (Å²) in [5.41, 5.74) is 0.0533. The van der Waals surface area contributed by atoms with E-state index in [4.69, 9.17) is 0 Å². The van der Waals surface area contributed by atoms with Crippen molar-refractivity contribution in [2.45, 2.75) is 17.1 Å². The lowest BCUT2D eigenvalue weighted by Gasteiger charge is -2.52. The predicted octanol–water partition coefficient (Wildman–Crippen LogP) is 2.70. The molecule has 0 atom stereocenters. The molecule has 0 saturated carbocycles. The molecule has 0 aliphatic carbocycles. The smallest absolute Gasteiger partial charge is 0.252 e. The molecule has 25 heavy (non-hydrogen) atoms. The normalized spacial score (nSPS) is 20.7. The molecule has 0 N–H and O–H groups in total. The second-order valence-electron chi connectivity index (χ2n) is 6.49. The minimum atomic E-state index is -3.46. The maximum absolute atomic E-state index is 13.4. The number of benzene rings is 1. The lowest BCUT2D eigenvalue weighted by molar-refractivity contribution is -0.137. The molecule has 2 aliphatic rings. The number of amides is 1. The number of sulfonamides is 1. The average molecular weight is 380 g/mol. The highest BCUT2D eigenvalue weighted by molar-refractivity contribution is 7.91. The molecule has 2 fully saturated rings. The number of β-lactam (4-membered cyclic amide) rings is 1. The van der Waals surface area contributed by atoms with Crippen LogP contribution in [0.5, 0.6) is 0 Å². The quantitative estimate of drug-likeness (QED) is 0.770. The van der Waals surface area contributed by atoms with Crippen LogP contribution in [0.2, 0.25) is 0 Å². The van der Waals surface area contributed by atoms with Crippen LogP contribution in [-0.2, 0) is 14.8 Å². The summed E-state index contributed by atoms with van der Waals surface area (Å²) in [6.45, 7) is 1.19. The predicted molar refractivity (Wildman–Crippen MR) is 93.5 cm³/mol. The third kappa shape index (κ3) is 2.68. The zero-order chi connectivity index (χ0) is 17.7. The van der Waals surface area contributed by atoms with Gasteiger partial charge in [0.15, 0.2) is 0 Å². The van der Waals surface area contributed by atoms with Crippen molar-refractivity contribution in [2.75, 3.05) is 24.5 Å². The van der Waals surface area contributed by atoms with Gasteiger partial charge < -0.3 is 4.90 Å². The fraction of sp³-hybridized carbons (Fsp3) is 0.353. The Balaban J connectivity index is 1.45. The fourth-order valence-corrected chi connectivity index (χ4v) is 6.14. The van der Waals surface area contributed by atoms with E-state index in [1.54, 1.807) is 34.5 Å². The minimum Gasteiger partial charge on any atom is -0.311 e. The minimum absolute atomic E-state index is 0.0359. The van der Waals surface area contributed by atoms with Crippen LogP contribution in [0.25, 0.3) is 0 Å². The first-order valence-electron chi connectivity index (χ1n) is 8.04. The van der Waals surface area contributed by atoms with E-state index >= 15 is 0 Å². The molecule has 4 rings (SSSR count). The summed E-state index contributed by atoms with van der Waals surface area (Å²) in [5, 5.41) is 1.74. The van der Waals surface area contributed by atoms with Crippen molar-refractivity contribution in [3.63, 3.8) is 0 Å². The largest absolute Gasteiger partial charge is 0.311 e. The molecule has 132 valence electrons. The van der Waals surface area contributed by atoms with Gasteiger partial charge in [0.2, 0.25) is 5.91 Å². The van der Waals surface area contributed by atoms with E-state index in [2.05, 4.69) is 0 Å². The maximum atomic E-state index is 13.4. The number of thiophene rings is 1. The van der Waals surface area contributed by atoms with Gasteiger partial charge in [0, 0.05) is 25.3 Å². The number of halogens is 1. The van der Waals surface area contributed by atoms with Gasteiger partial charge in [-0.25, -0.2) is 12.8 Å². The van der Waals surface area contributed by atoms with Crippen molar-refractivity contribution < 1.29 is 17.6 Å². The summed E-state index contributed by atoms with van der Waals surface area (Å²) in [7, 11) is -3.46. The lowest BCUT2D eigenvalue weighted by atomic mass is 9.71. The zero-order valence-electron chi connectivity index (χ0n) is 13.4. The summed E-state index contributed by atoms with van der Waals surface area (Å²) < 4.78 is 40.3. The van der Waals surface area contributed by atoms with E-state index in [-0.39, 0.29) is 11.7 Å². The van der Waals surface area contributed by atoms with Crippen molar-refractivity contribution in [3.05, 3.63) is 47.6 Å². The number of carbonyl (C=O) groups is 1. The molecule has 0 radical (unpaired) electrons. The van der Waals surface area contributed by atoms with E-state index in [9.17, 15) is 17.6 Å². The highest BCUT2D eigenvalue weighted by Gasteiger charge is 2.54. The molecule has 2 aromatic rings. The summed E-state index contributed by atoms with van der Waals surface area (Å²) in [6, 6.07) is 9.31. The molecule has 3 heterocycles. The number of piperidine rings is 1. The monoisotopic (exact) mass is 380 g/mol. The highest BCUT2D eigenvalue weighted by atomic mass is 32.2. The van der Waals surface area contributed by atoms with Gasteiger partial charge in [-0.2, -0.15) is 4.31 Å². The molecule has 8 heteroatoms. The third-order valence-corrected chi connectivity index (χ3v) is 8.32. The lowest BCUT2D eigenvalue weighted by Crippen LogP contribution is -2.65. The van der Waals surface area contributed by atoms with Crippen LogP contribution in [0.1, 0.15) is 12.8 Å². The first kappa shape index (κ1) is 16.7. The molecule has 1 amide bonds. The Morgan fingerprint density at radius 2 is 1.88 bits per heavy atom. The summed E-state index contributed by atoms with van der Waals surface area (Å²) in [5.74, 6) is -0.408. The molecule has 0 bridgehead atoms. The number of hydrogen-bond acceptors (Lipinski definition) is 4. The molecule has 0 unspecified atom stereocenters. The van der Waals surface area contributed by atoms with Crippen LogP contribution < -0.4 is 4.90 Å². The molecular weight excluding hydrogens is 363 g/mol. The summed E-state index contributed by atoms with van der Waals surface area (Å²) >= 11 is 1.20. The molecular formula is C17H17FN2O3S2. The van der Waals surface area contributed by atoms with Gasteiger partial charge in [-0.05, 0) is 42.5 Å². The molecule has 1 aromatic carbocycles. The van der Waals surface area contributed by atoms with Gasteiger partial charge in [0.25, 0.3) is 10.0 Å². The Hall–Kier alpha value is -1.77. The summed E-state index contributed by atoms with van der Waals surface area (Å²) in [4.78, 5) is 14.2. The third-order valence-electron chi connectivity index (χ3n) is 5.05. The van der Waals surface area contributed by atoms with Gasteiger partial charge in [-0.3, -0.25) is 4.79 Å². The molecule has 5 nitrogen and oxygen atoms in total. The second kappa shape index (κ2) is 5.89. The number of anilines is 1. The van der Waals surface area contributed by atoms with Crippen LogP contribution in [0.15, 0.2) is 46.0 Å².